The van der Waals surface area contributed by atoms with Gasteiger partial charge in [0.05, 0.1) is 25.8 Å². The summed E-state index contributed by atoms with van der Waals surface area (Å²) in [5.74, 6) is 2.11. The van der Waals surface area contributed by atoms with Crippen molar-refractivity contribution < 1.29 is 9.47 Å². The summed E-state index contributed by atoms with van der Waals surface area (Å²) in [7, 11) is 1.63. The Labute approximate surface area is 165 Å². The number of ether oxygens (including phenoxy) is 2. The molecule has 1 aromatic heterocycles. The van der Waals surface area contributed by atoms with Crippen molar-refractivity contribution in [2.45, 2.75) is 20.4 Å². The number of nitrogens with zero attached hydrogens (tertiary/aromatic N) is 2. The van der Waals surface area contributed by atoms with E-state index in [0.717, 1.165) is 28.7 Å². The summed E-state index contributed by atoms with van der Waals surface area (Å²) < 4.78 is 11.0. The maximum Gasteiger partial charge on any atom is 0.196 e. The number of hydrogen-bond donors (Lipinski definition) is 2. The minimum atomic E-state index is 0.548. The fourth-order valence-electron chi connectivity index (χ4n) is 2.92. The molecule has 0 saturated heterocycles. The zero-order chi connectivity index (χ0) is 19.8. The lowest BCUT2D eigenvalue weighted by Crippen LogP contribution is -2.30. The Balaban J connectivity index is 1.82. The Bertz CT molecular complexity index is 951. The number of anilines is 1. The van der Waals surface area contributed by atoms with Crippen molar-refractivity contribution in [3.8, 4) is 11.5 Å². The van der Waals surface area contributed by atoms with Crippen LogP contribution in [0.2, 0.25) is 0 Å². The molecule has 0 fully saturated rings. The summed E-state index contributed by atoms with van der Waals surface area (Å²) in [5.41, 5.74) is 2.99. The second-order valence-corrected chi connectivity index (χ2v) is 6.11. The lowest BCUT2D eigenvalue weighted by atomic mass is 10.1. The van der Waals surface area contributed by atoms with E-state index in [1.807, 2.05) is 62.5 Å². The van der Waals surface area contributed by atoms with E-state index in [4.69, 9.17) is 14.5 Å². The number of benzene rings is 2. The number of nitrogens with one attached hydrogen (secondary N) is 2. The van der Waals surface area contributed by atoms with E-state index >= 15 is 0 Å². The molecule has 0 amide bonds. The number of fused-ring (bicyclic) bond motifs is 1. The molecule has 6 nitrogen and oxygen atoms in total. The number of methoxy groups -OCH3 is 1. The molecule has 0 radical (unpaired) electrons. The van der Waals surface area contributed by atoms with Gasteiger partial charge in [0, 0.05) is 29.9 Å². The first kappa shape index (κ1) is 19.5. The third-order valence-electron chi connectivity index (χ3n) is 4.22. The van der Waals surface area contributed by atoms with Gasteiger partial charge in [-0.25, -0.2) is 4.99 Å². The lowest BCUT2D eigenvalue weighted by molar-refractivity contribution is 0.311. The quantitative estimate of drug-likeness (QED) is 0.476. The smallest absolute Gasteiger partial charge is 0.196 e. The topological polar surface area (TPSA) is 67.8 Å². The van der Waals surface area contributed by atoms with Crippen molar-refractivity contribution in [3.05, 3.63) is 60.3 Å². The van der Waals surface area contributed by atoms with Crippen LogP contribution in [0.1, 0.15) is 19.4 Å². The number of aliphatic imine (C=N–C) groups is 1. The number of pyridine rings is 1. The Morgan fingerprint density at radius 1 is 1.07 bits per heavy atom. The SMILES string of the molecule is CCNC(=NCc1ccnc2ccccc12)Nc1ccc(OC)c(OCC)c1. The molecule has 0 bridgehead atoms. The zero-order valence-corrected chi connectivity index (χ0v) is 16.5. The first-order valence-electron chi connectivity index (χ1n) is 9.44. The van der Waals surface area contributed by atoms with Gasteiger partial charge in [0.2, 0.25) is 0 Å². The summed E-state index contributed by atoms with van der Waals surface area (Å²) in [6.45, 7) is 5.87. The van der Waals surface area contributed by atoms with Gasteiger partial charge in [-0.3, -0.25) is 4.98 Å². The van der Waals surface area contributed by atoms with Gasteiger partial charge in [0.15, 0.2) is 17.5 Å². The van der Waals surface area contributed by atoms with E-state index in [-0.39, 0.29) is 0 Å². The predicted octanol–water partition coefficient (Wildman–Crippen LogP) is 4.22. The average molecular weight is 378 g/mol. The maximum atomic E-state index is 5.66. The van der Waals surface area contributed by atoms with Crippen molar-refractivity contribution in [1.29, 1.82) is 0 Å². The molecule has 0 saturated carbocycles. The molecule has 3 rings (SSSR count). The number of para-hydroxylation sites is 1. The van der Waals surface area contributed by atoms with Gasteiger partial charge in [-0.2, -0.15) is 0 Å². The number of guanidine groups is 1. The fourth-order valence-corrected chi connectivity index (χ4v) is 2.92. The van der Waals surface area contributed by atoms with Crippen molar-refractivity contribution in [3.63, 3.8) is 0 Å². The summed E-state index contributed by atoms with van der Waals surface area (Å²) in [6, 6.07) is 15.8. The molecule has 0 aliphatic heterocycles. The maximum absolute atomic E-state index is 5.66. The zero-order valence-electron chi connectivity index (χ0n) is 16.5. The molecule has 2 N–H and O–H groups in total. The standard InChI is InChI=1S/C22H26N4O2/c1-4-23-22(26-17-10-11-20(27-3)21(14-17)28-5-2)25-15-16-12-13-24-19-9-7-6-8-18(16)19/h6-14H,4-5,15H2,1-3H3,(H2,23,25,26). The van der Waals surface area contributed by atoms with Gasteiger partial charge in [0.25, 0.3) is 0 Å². The minimum absolute atomic E-state index is 0.548. The number of rotatable bonds is 7. The normalized spacial score (nSPS) is 11.3. The van der Waals surface area contributed by atoms with Crippen molar-refractivity contribution in [2.24, 2.45) is 4.99 Å². The largest absolute Gasteiger partial charge is 0.493 e. The Morgan fingerprint density at radius 3 is 2.71 bits per heavy atom. The third kappa shape index (κ3) is 4.71. The Morgan fingerprint density at radius 2 is 1.93 bits per heavy atom. The first-order chi connectivity index (χ1) is 13.7. The van der Waals surface area contributed by atoms with Crippen LogP contribution in [0.15, 0.2) is 59.7 Å². The summed E-state index contributed by atoms with van der Waals surface area (Å²) in [6.07, 6.45) is 1.82. The van der Waals surface area contributed by atoms with E-state index in [9.17, 15) is 0 Å². The van der Waals surface area contributed by atoms with E-state index in [2.05, 4.69) is 21.7 Å². The van der Waals surface area contributed by atoms with Crippen LogP contribution in [0.4, 0.5) is 5.69 Å². The van der Waals surface area contributed by atoms with Crippen molar-refractivity contribution in [1.82, 2.24) is 10.3 Å². The number of hydrogen-bond acceptors (Lipinski definition) is 4. The fraction of sp³-hybridized carbons (Fsp3) is 0.273. The van der Waals surface area contributed by atoms with Crippen LogP contribution in [0.25, 0.3) is 10.9 Å². The predicted molar refractivity (Wildman–Crippen MR) is 114 cm³/mol. The van der Waals surface area contributed by atoms with E-state index < -0.39 is 0 Å². The van der Waals surface area contributed by atoms with Crippen LogP contribution < -0.4 is 20.1 Å². The summed E-state index contributed by atoms with van der Waals surface area (Å²) >= 11 is 0. The van der Waals surface area contributed by atoms with Crippen LogP contribution in [0.3, 0.4) is 0 Å². The molecule has 1 heterocycles. The molecule has 0 atom stereocenters. The van der Waals surface area contributed by atoms with E-state index in [1.54, 1.807) is 7.11 Å². The van der Waals surface area contributed by atoms with Gasteiger partial charge < -0.3 is 20.1 Å². The van der Waals surface area contributed by atoms with Crippen LogP contribution in [0.5, 0.6) is 11.5 Å². The molecule has 0 aliphatic carbocycles. The average Bonchev–Trinajstić information content (AvgIpc) is 2.72. The van der Waals surface area contributed by atoms with E-state index in [0.29, 0.717) is 30.6 Å². The van der Waals surface area contributed by atoms with E-state index in [1.165, 1.54) is 0 Å². The molecular weight excluding hydrogens is 352 g/mol. The second-order valence-electron chi connectivity index (χ2n) is 6.11. The van der Waals surface area contributed by atoms with Crippen molar-refractivity contribution in [2.75, 3.05) is 25.6 Å². The number of aromatic nitrogens is 1. The highest BCUT2D eigenvalue weighted by atomic mass is 16.5. The highest BCUT2D eigenvalue weighted by Crippen LogP contribution is 2.30. The van der Waals surface area contributed by atoms with Crippen LogP contribution in [-0.4, -0.2) is 31.2 Å². The van der Waals surface area contributed by atoms with Gasteiger partial charge in [-0.15, -0.1) is 0 Å². The van der Waals surface area contributed by atoms with Gasteiger partial charge in [-0.1, -0.05) is 18.2 Å². The highest BCUT2D eigenvalue weighted by Gasteiger charge is 2.07. The lowest BCUT2D eigenvalue weighted by Gasteiger charge is -2.14. The first-order valence-corrected chi connectivity index (χ1v) is 9.44. The molecule has 2 aromatic carbocycles. The van der Waals surface area contributed by atoms with Crippen LogP contribution >= 0.6 is 0 Å². The molecule has 3 aromatic rings. The Hall–Kier alpha value is -3.28. The molecule has 0 spiro atoms. The third-order valence-corrected chi connectivity index (χ3v) is 4.22. The highest BCUT2D eigenvalue weighted by molar-refractivity contribution is 5.94. The Kier molecular flexibility index (Phi) is 6.68. The molecular formula is C22H26N4O2. The molecule has 0 unspecified atom stereocenters. The molecule has 0 aliphatic rings. The van der Waals surface area contributed by atoms with Gasteiger partial charge in [-0.05, 0) is 43.7 Å². The van der Waals surface area contributed by atoms with Crippen molar-refractivity contribution >= 4 is 22.5 Å². The summed E-state index contributed by atoms with van der Waals surface area (Å²) in [4.78, 5) is 9.15. The second kappa shape index (κ2) is 9.60. The monoisotopic (exact) mass is 378 g/mol. The summed E-state index contributed by atoms with van der Waals surface area (Å²) in [5, 5.41) is 7.73. The van der Waals surface area contributed by atoms with Crippen LogP contribution in [-0.2, 0) is 6.54 Å². The minimum Gasteiger partial charge on any atom is -0.493 e. The molecule has 28 heavy (non-hydrogen) atoms. The van der Waals surface area contributed by atoms with Gasteiger partial charge >= 0.3 is 0 Å². The molecule has 6 heteroatoms. The molecule has 146 valence electrons. The van der Waals surface area contributed by atoms with Crippen LogP contribution in [0, 0.1) is 0 Å². The van der Waals surface area contributed by atoms with Gasteiger partial charge in [0.1, 0.15) is 0 Å².